The van der Waals surface area contributed by atoms with Gasteiger partial charge in [0, 0.05) is 16.8 Å². The average Bonchev–Trinajstić information content (AvgIpc) is 2.35. The fourth-order valence-electron chi connectivity index (χ4n) is 1.72. The molecule has 0 unspecified atom stereocenters. The fraction of sp³-hybridized carbons (Fsp3) is 0.0714. The molecule has 4 heteroatoms. The number of ketones is 1. The molecule has 2 aromatic rings. The first-order valence-corrected chi connectivity index (χ1v) is 6.11. The van der Waals surface area contributed by atoms with E-state index in [2.05, 4.69) is 0 Å². The van der Waals surface area contributed by atoms with Gasteiger partial charge in [0.2, 0.25) is 0 Å². The first-order valence-electron chi connectivity index (χ1n) is 5.36. The molecule has 0 saturated heterocycles. The van der Waals surface area contributed by atoms with Crippen LogP contribution in [0.15, 0.2) is 36.4 Å². The number of halogens is 2. The first-order chi connectivity index (χ1) is 8.52. The van der Waals surface area contributed by atoms with Crippen LogP contribution in [0.1, 0.15) is 21.5 Å². The Morgan fingerprint density at radius 2 is 1.67 bits per heavy atom. The maximum Gasteiger partial charge on any atom is 0.194 e. The van der Waals surface area contributed by atoms with Gasteiger partial charge in [0.1, 0.15) is 0 Å². The quantitative estimate of drug-likeness (QED) is 0.664. The summed E-state index contributed by atoms with van der Waals surface area (Å²) in [4.78, 5) is 12.4. The monoisotopic (exact) mass is 279 g/mol. The third kappa shape index (κ3) is 2.22. The van der Waals surface area contributed by atoms with E-state index >= 15 is 0 Å². The van der Waals surface area contributed by atoms with Gasteiger partial charge in [0.15, 0.2) is 5.78 Å². The van der Waals surface area contributed by atoms with Crippen LogP contribution in [0.5, 0.6) is 0 Å². The number of hydrogen-bond donors (Lipinski definition) is 1. The van der Waals surface area contributed by atoms with Gasteiger partial charge in [0.25, 0.3) is 0 Å². The lowest BCUT2D eigenvalue weighted by atomic mass is 9.98. The van der Waals surface area contributed by atoms with Crippen LogP contribution in [0.25, 0.3) is 0 Å². The van der Waals surface area contributed by atoms with E-state index in [0.717, 1.165) is 5.56 Å². The highest BCUT2D eigenvalue weighted by Gasteiger charge is 2.17. The molecule has 0 fully saturated rings. The summed E-state index contributed by atoms with van der Waals surface area (Å²) in [6.45, 7) is 1.81. The second-order valence-electron chi connectivity index (χ2n) is 3.95. The normalized spacial score (nSPS) is 10.4. The molecular formula is C14H11Cl2NO. The van der Waals surface area contributed by atoms with E-state index in [1.807, 2.05) is 0 Å². The molecule has 0 saturated carbocycles. The molecule has 0 aliphatic rings. The third-order valence-electron chi connectivity index (χ3n) is 2.82. The minimum atomic E-state index is -0.174. The van der Waals surface area contributed by atoms with Crippen molar-refractivity contribution in [3.8, 4) is 0 Å². The van der Waals surface area contributed by atoms with Crippen LogP contribution in [0.4, 0.5) is 5.69 Å². The van der Waals surface area contributed by atoms with Gasteiger partial charge in [-0.1, -0.05) is 41.4 Å². The maximum absolute atomic E-state index is 12.4. The highest BCUT2D eigenvalue weighted by molar-refractivity contribution is 6.44. The van der Waals surface area contributed by atoms with E-state index in [-0.39, 0.29) is 10.8 Å². The molecule has 18 heavy (non-hydrogen) atoms. The summed E-state index contributed by atoms with van der Waals surface area (Å²) in [5, 5.41) is 0.634. The summed E-state index contributed by atoms with van der Waals surface area (Å²) in [6, 6.07) is 10.2. The lowest BCUT2D eigenvalue weighted by molar-refractivity contribution is 0.103. The van der Waals surface area contributed by atoms with E-state index in [1.54, 1.807) is 43.3 Å². The number of anilines is 1. The molecule has 0 radical (unpaired) electrons. The van der Waals surface area contributed by atoms with Gasteiger partial charge in [-0.05, 0) is 30.7 Å². The van der Waals surface area contributed by atoms with Crippen molar-refractivity contribution in [2.45, 2.75) is 6.92 Å². The Morgan fingerprint density at radius 3 is 2.39 bits per heavy atom. The molecule has 0 aromatic heterocycles. The molecule has 0 aliphatic heterocycles. The third-order valence-corrected chi connectivity index (χ3v) is 3.64. The average molecular weight is 280 g/mol. The minimum Gasteiger partial charge on any atom is -0.398 e. The second kappa shape index (κ2) is 5.01. The summed E-state index contributed by atoms with van der Waals surface area (Å²) in [6.07, 6.45) is 0. The maximum atomic E-state index is 12.4. The second-order valence-corrected chi connectivity index (χ2v) is 4.74. The highest BCUT2D eigenvalue weighted by Crippen LogP contribution is 2.28. The Morgan fingerprint density at radius 1 is 1.06 bits per heavy atom. The van der Waals surface area contributed by atoms with Crippen molar-refractivity contribution in [1.82, 2.24) is 0 Å². The number of carbonyl (C=O) groups excluding carboxylic acids is 1. The molecule has 0 atom stereocenters. The lowest BCUT2D eigenvalue weighted by Gasteiger charge is -2.09. The van der Waals surface area contributed by atoms with Crippen LogP contribution >= 0.6 is 23.2 Å². The van der Waals surface area contributed by atoms with Crippen LogP contribution < -0.4 is 5.73 Å². The van der Waals surface area contributed by atoms with Crippen molar-refractivity contribution in [3.63, 3.8) is 0 Å². The number of nitrogens with two attached hydrogens (primary N) is 1. The Kier molecular flexibility index (Phi) is 3.60. The van der Waals surface area contributed by atoms with Crippen molar-refractivity contribution in [3.05, 3.63) is 63.1 Å². The predicted molar refractivity (Wildman–Crippen MR) is 75.5 cm³/mol. The van der Waals surface area contributed by atoms with Gasteiger partial charge >= 0.3 is 0 Å². The van der Waals surface area contributed by atoms with E-state index in [1.165, 1.54) is 0 Å². The molecule has 2 nitrogen and oxygen atoms in total. The van der Waals surface area contributed by atoms with Gasteiger partial charge in [0.05, 0.1) is 10.0 Å². The molecule has 92 valence electrons. The standard InChI is InChI=1S/C14H11Cl2NO/c1-8-9(4-3-7-12(8)17)14(18)10-5-2-6-11(15)13(10)16/h2-7H,17H2,1H3. The summed E-state index contributed by atoms with van der Waals surface area (Å²) in [5.74, 6) is -0.174. The van der Waals surface area contributed by atoms with E-state index in [4.69, 9.17) is 28.9 Å². The minimum absolute atomic E-state index is 0.174. The van der Waals surface area contributed by atoms with E-state index in [9.17, 15) is 4.79 Å². The zero-order valence-electron chi connectivity index (χ0n) is 9.71. The largest absolute Gasteiger partial charge is 0.398 e. The molecule has 0 heterocycles. The predicted octanol–water partition coefficient (Wildman–Crippen LogP) is 4.12. The number of benzene rings is 2. The summed E-state index contributed by atoms with van der Waals surface area (Å²) in [5.41, 5.74) is 8.05. The fourth-order valence-corrected chi connectivity index (χ4v) is 2.11. The molecule has 0 amide bonds. The van der Waals surface area contributed by atoms with Crippen molar-refractivity contribution in [2.75, 3.05) is 5.73 Å². The zero-order valence-corrected chi connectivity index (χ0v) is 11.2. The van der Waals surface area contributed by atoms with Crippen LogP contribution in [-0.2, 0) is 0 Å². The van der Waals surface area contributed by atoms with Crippen LogP contribution in [0, 0.1) is 6.92 Å². The molecule has 0 spiro atoms. The van der Waals surface area contributed by atoms with Crippen LogP contribution in [-0.4, -0.2) is 5.78 Å². The Labute approximate surface area is 115 Å². The smallest absolute Gasteiger partial charge is 0.194 e. The van der Waals surface area contributed by atoms with Crippen LogP contribution in [0.2, 0.25) is 10.0 Å². The van der Waals surface area contributed by atoms with Gasteiger partial charge < -0.3 is 5.73 Å². The number of nitrogen functional groups attached to an aromatic ring is 1. The summed E-state index contributed by atoms with van der Waals surface area (Å²) >= 11 is 12.0. The first kappa shape index (κ1) is 12.9. The van der Waals surface area contributed by atoms with Crippen molar-refractivity contribution in [1.29, 1.82) is 0 Å². The Hall–Kier alpha value is -1.51. The van der Waals surface area contributed by atoms with Crippen molar-refractivity contribution >= 4 is 34.7 Å². The zero-order chi connectivity index (χ0) is 13.3. The van der Waals surface area contributed by atoms with E-state index in [0.29, 0.717) is 21.8 Å². The number of hydrogen-bond acceptors (Lipinski definition) is 2. The van der Waals surface area contributed by atoms with Crippen molar-refractivity contribution < 1.29 is 4.79 Å². The van der Waals surface area contributed by atoms with Gasteiger partial charge in [-0.15, -0.1) is 0 Å². The van der Waals surface area contributed by atoms with Gasteiger partial charge in [-0.3, -0.25) is 4.79 Å². The van der Waals surface area contributed by atoms with Gasteiger partial charge in [-0.2, -0.15) is 0 Å². The molecule has 2 aromatic carbocycles. The number of rotatable bonds is 2. The van der Waals surface area contributed by atoms with E-state index < -0.39 is 0 Å². The molecule has 2 N–H and O–H groups in total. The SMILES string of the molecule is Cc1c(N)cccc1C(=O)c1cccc(Cl)c1Cl. The lowest BCUT2D eigenvalue weighted by Crippen LogP contribution is -2.06. The Bertz CT molecular complexity index is 570. The summed E-state index contributed by atoms with van der Waals surface area (Å²) < 4.78 is 0. The topological polar surface area (TPSA) is 43.1 Å². The highest BCUT2D eigenvalue weighted by atomic mass is 35.5. The molecule has 0 bridgehead atoms. The summed E-state index contributed by atoms with van der Waals surface area (Å²) in [7, 11) is 0. The number of carbonyl (C=O) groups is 1. The van der Waals surface area contributed by atoms with Gasteiger partial charge in [-0.25, -0.2) is 0 Å². The van der Waals surface area contributed by atoms with Crippen molar-refractivity contribution in [2.24, 2.45) is 0 Å². The van der Waals surface area contributed by atoms with Crippen LogP contribution in [0.3, 0.4) is 0 Å². The molecule has 2 rings (SSSR count). The Balaban J connectivity index is 2.55. The molecule has 0 aliphatic carbocycles. The molecular weight excluding hydrogens is 269 g/mol.